The van der Waals surface area contributed by atoms with Gasteiger partial charge in [-0.1, -0.05) is 0 Å². The van der Waals surface area contributed by atoms with Crippen LogP contribution in [0.4, 0.5) is 5.69 Å². The Morgan fingerprint density at radius 3 is 2.70 bits per heavy atom. The molecule has 0 saturated heterocycles. The fourth-order valence-electron chi connectivity index (χ4n) is 1.66. The summed E-state index contributed by atoms with van der Waals surface area (Å²) in [7, 11) is 0. The number of aromatic amines is 1. The number of hydrogen-bond donors (Lipinski definition) is 5. The number of nitrogens with zero attached hydrogens (tertiary/aromatic N) is 1. The molecule has 10 heteroatoms. The Balaban J connectivity index is 2.13. The Kier molecular flexibility index (Phi) is 4.96. The molecule has 0 aliphatic heterocycles. The topological polar surface area (TPSA) is 150 Å². The van der Waals surface area contributed by atoms with Crippen LogP contribution in [-0.2, 0) is 4.79 Å². The summed E-state index contributed by atoms with van der Waals surface area (Å²) in [6.45, 7) is -0.341. The molecule has 6 N–H and O–H groups in total. The standard InChI is InChI=1S/C13H12BrN5O4/c14-7-2-1-6(3-9(7)20)12(22)18-8-4-17-19-11(8)13(23)16-5-10(15)21/h1-4,20H,5H2,(H2,15,21)(H,16,23)(H,17,19)(H,18,22). The summed E-state index contributed by atoms with van der Waals surface area (Å²) in [5.74, 6) is -1.98. The quantitative estimate of drug-likeness (QED) is 0.506. The van der Waals surface area contributed by atoms with E-state index in [0.29, 0.717) is 4.47 Å². The van der Waals surface area contributed by atoms with Crippen molar-refractivity contribution in [2.45, 2.75) is 0 Å². The number of aromatic hydroxyl groups is 1. The molecule has 0 aliphatic rings. The zero-order valence-electron chi connectivity index (χ0n) is 11.6. The van der Waals surface area contributed by atoms with E-state index < -0.39 is 17.7 Å². The Labute approximate surface area is 138 Å². The highest BCUT2D eigenvalue weighted by Gasteiger charge is 2.17. The van der Waals surface area contributed by atoms with Crippen molar-refractivity contribution >= 4 is 39.3 Å². The third kappa shape index (κ3) is 4.07. The average Bonchev–Trinajstić information content (AvgIpc) is 2.95. The van der Waals surface area contributed by atoms with Gasteiger partial charge in [0.1, 0.15) is 11.4 Å². The first-order valence-corrected chi connectivity index (χ1v) is 7.07. The molecule has 0 spiro atoms. The smallest absolute Gasteiger partial charge is 0.271 e. The number of anilines is 1. The van der Waals surface area contributed by atoms with Crippen molar-refractivity contribution in [3.8, 4) is 5.75 Å². The van der Waals surface area contributed by atoms with E-state index in [0.717, 1.165) is 0 Å². The van der Waals surface area contributed by atoms with Gasteiger partial charge in [-0.05, 0) is 34.1 Å². The van der Waals surface area contributed by atoms with Crippen molar-refractivity contribution in [2.75, 3.05) is 11.9 Å². The Hall–Kier alpha value is -2.88. The second-order valence-corrected chi connectivity index (χ2v) is 5.28. The van der Waals surface area contributed by atoms with Crippen LogP contribution in [0.25, 0.3) is 0 Å². The van der Waals surface area contributed by atoms with Gasteiger partial charge in [0, 0.05) is 5.56 Å². The first-order valence-electron chi connectivity index (χ1n) is 6.28. The number of phenolic OH excluding ortho intramolecular Hbond substituents is 1. The average molecular weight is 382 g/mol. The molecule has 0 atom stereocenters. The number of primary amides is 1. The lowest BCUT2D eigenvalue weighted by Gasteiger charge is -2.07. The minimum Gasteiger partial charge on any atom is -0.507 e. The highest BCUT2D eigenvalue weighted by Crippen LogP contribution is 2.25. The number of hydrogen-bond acceptors (Lipinski definition) is 5. The molecule has 1 heterocycles. The highest BCUT2D eigenvalue weighted by atomic mass is 79.9. The van der Waals surface area contributed by atoms with E-state index >= 15 is 0 Å². The molecule has 120 valence electrons. The molecule has 2 aromatic rings. The van der Waals surface area contributed by atoms with Crippen LogP contribution < -0.4 is 16.4 Å². The van der Waals surface area contributed by atoms with Gasteiger partial charge >= 0.3 is 0 Å². The largest absolute Gasteiger partial charge is 0.507 e. The maximum atomic E-state index is 12.1. The number of phenols is 1. The van der Waals surface area contributed by atoms with E-state index in [2.05, 4.69) is 36.8 Å². The van der Waals surface area contributed by atoms with Crippen molar-refractivity contribution in [2.24, 2.45) is 5.73 Å². The lowest BCUT2D eigenvalue weighted by molar-refractivity contribution is -0.117. The summed E-state index contributed by atoms with van der Waals surface area (Å²) in [6, 6.07) is 4.28. The van der Waals surface area contributed by atoms with Gasteiger partial charge in [-0.25, -0.2) is 0 Å². The first kappa shape index (κ1) is 16.5. The monoisotopic (exact) mass is 381 g/mol. The summed E-state index contributed by atoms with van der Waals surface area (Å²) >= 11 is 3.11. The van der Waals surface area contributed by atoms with Crippen LogP contribution in [0.15, 0.2) is 28.9 Å². The van der Waals surface area contributed by atoms with Gasteiger partial charge in [-0.3, -0.25) is 19.5 Å². The fraction of sp³-hybridized carbons (Fsp3) is 0.0769. The van der Waals surface area contributed by atoms with Gasteiger partial charge in [0.05, 0.1) is 22.9 Å². The molecule has 0 bridgehead atoms. The van der Waals surface area contributed by atoms with E-state index in [1.165, 1.54) is 24.4 Å². The number of nitrogens with two attached hydrogens (primary N) is 1. The molecule has 3 amide bonds. The molecule has 0 unspecified atom stereocenters. The lowest BCUT2D eigenvalue weighted by Crippen LogP contribution is -2.34. The van der Waals surface area contributed by atoms with E-state index in [-0.39, 0.29) is 29.2 Å². The molecule has 0 radical (unpaired) electrons. The third-order valence-corrected chi connectivity index (χ3v) is 3.42. The van der Waals surface area contributed by atoms with Crippen LogP contribution in [0.1, 0.15) is 20.8 Å². The summed E-state index contributed by atoms with van der Waals surface area (Å²) in [5.41, 5.74) is 5.23. The number of halogens is 1. The molecule has 1 aromatic heterocycles. The maximum Gasteiger partial charge on any atom is 0.271 e. The van der Waals surface area contributed by atoms with Crippen LogP contribution in [0.3, 0.4) is 0 Å². The Bertz CT molecular complexity index is 773. The zero-order valence-corrected chi connectivity index (χ0v) is 13.2. The van der Waals surface area contributed by atoms with Gasteiger partial charge < -0.3 is 21.5 Å². The highest BCUT2D eigenvalue weighted by molar-refractivity contribution is 9.10. The molecule has 2 rings (SSSR count). The number of benzene rings is 1. The SMILES string of the molecule is NC(=O)CNC(=O)c1[nH]ncc1NC(=O)c1ccc(Br)c(O)c1. The first-order chi connectivity index (χ1) is 10.9. The van der Waals surface area contributed by atoms with E-state index in [4.69, 9.17) is 5.73 Å². The predicted molar refractivity (Wildman–Crippen MR) is 83.9 cm³/mol. The van der Waals surface area contributed by atoms with Crippen LogP contribution in [0.2, 0.25) is 0 Å². The van der Waals surface area contributed by atoms with Crippen LogP contribution in [0.5, 0.6) is 5.75 Å². The van der Waals surface area contributed by atoms with Gasteiger partial charge in [0.25, 0.3) is 11.8 Å². The number of rotatable bonds is 5. The van der Waals surface area contributed by atoms with Crippen molar-refractivity contribution < 1.29 is 19.5 Å². The van der Waals surface area contributed by atoms with Crippen LogP contribution >= 0.6 is 15.9 Å². The Morgan fingerprint density at radius 1 is 1.30 bits per heavy atom. The van der Waals surface area contributed by atoms with E-state index in [9.17, 15) is 19.5 Å². The number of nitrogens with one attached hydrogen (secondary N) is 3. The van der Waals surface area contributed by atoms with Gasteiger partial charge in [-0.2, -0.15) is 5.10 Å². The predicted octanol–water partition coefficient (Wildman–Crippen LogP) is 0.345. The van der Waals surface area contributed by atoms with Crippen LogP contribution in [0, 0.1) is 0 Å². The Morgan fingerprint density at radius 2 is 2.04 bits per heavy atom. The van der Waals surface area contributed by atoms with Crippen molar-refractivity contribution in [3.63, 3.8) is 0 Å². The molecular formula is C13H12BrN5O4. The molecule has 9 nitrogen and oxygen atoms in total. The molecule has 1 aromatic carbocycles. The summed E-state index contributed by atoms with van der Waals surface area (Å²) < 4.78 is 0.448. The molecule has 0 fully saturated rings. The lowest BCUT2D eigenvalue weighted by atomic mass is 10.2. The zero-order chi connectivity index (χ0) is 17.0. The van der Waals surface area contributed by atoms with E-state index in [1.807, 2.05) is 0 Å². The van der Waals surface area contributed by atoms with Crippen molar-refractivity contribution in [1.82, 2.24) is 15.5 Å². The number of amides is 3. The second-order valence-electron chi connectivity index (χ2n) is 4.43. The van der Waals surface area contributed by atoms with Crippen molar-refractivity contribution in [1.29, 1.82) is 0 Å². The fourth-order valence-corrected chi connectivity index (χ4v) is 1.90. The summed E-state index contributed by atoms with van der Waals surface area (Å²) in [6.07, 6.45) is 1.25. The minimum atomic E-state index is -0.700. The van der Waals surface area contributed by atoms with Crippen LogP contribution in [-0.4, -0.2) is 39.6 Å². The number of aromatic nitrogens is 2. The molecule has 0 saturated carbocycles. The molecule has 0 aliphatic carbocycles. The normalized spacial score (nSPS) is 10.1. The van der Waals surface area contributed by atoms with Gasteiger partial charge in [-0.15, -0.1) is 0 Å². The number of H-pyrrole nitrogens is 1. The minimum absolute atomic E-state index is 0.0269. The molecular weight excluding hydrogens is 370 g/mol. The summed E-state index contributed by atoms with van der Waals surface area (Å²) in [4.78, 5) is 34.7. The number of carbonyl (C=O) groups is 3. The van der Waals surface area contributed by atoms with Gasteiger partial charge in [0.2, 0.25) is 5.91 Å². The summed E-state index contributed by atoms with van der Waals surface area (Å²) in [5, 5.41) is 20.4. The maximum absolute atomic E-state index is 12.1. The number of carbonyl (C=O) groups excluding carboxylic acids is 3. The third-order valence-electron chi connectivity index (χ3n) is 2.75. The van der Waals surface area contributed by atoms with E-state index in [1.54, 1.807) is 0 Å². The van der Waals surface area contributed by atoms with Crippen molar-refractivity contribution in [3.05, 3.63) is 40.1 Å². The second kappa shape index (κ2) is 6.92. The molecule has 23 heavy (non-hydrogen) atoms. The van der Waals surface area contributed by atoms with Gasteiger partial charge in [0.15, 0.2) is 0 Å².